The molecule has 0 saturated heterocycles. The molecule has 4 rings (SSSR count). The standard InChI is InChI=1S/C12H12O/c13-12-7-8-5-6-11(12)10-4-2-1-3-9(8)10/h1-6,8,11-13H,7H2/t8-,11-,12+/m1/s1. The summed E-state index contributed by atoms with van der Waals surface area (Å²) in [5.41, 5.74) is 2.74. The van der Waals surface area contributed by atoms with Gasteiger partial charge in [-0.3, -0.25) is 0 Å². The van der Waals surface area contributed by atoms with Crippen molar-refractivity contribution in [1.82, 2.24) is 0 Å². The van der Waals surface area contributed by atoms with Gasteiger partial charge in [-0.15, -0.1) is 0 Å². The second kappa shape index (κ2) is 2.46. The maximum atomic E-state index is 9.79. The van der Waals surface area contributed by atoms with Crippen molar-refractivity contribution in [3.05, 3.63) is 47.5 Å². The fourth-order valence-electron chi connectivity index (χ4n) is 2.56. The summed E-state index contributed by atoms with van der Waals surface area (Å²) in [5.74, 6) is 0.706. The highest BCUT2D eigenvalue weighted by Gasteiger charge is 2.34. The van der Waals surface area contributed by atoms with E-state index in [-0.39, 0.29) is 12.0 Å². The predicted molar refractivity (Wildman–Crippen MR) is 51.7 cm³/mol. The molecule has 0 saturated carbocycles. The van der Waals surface area contributed by atoms with Crippen LogP contribution in [0.25, 0.3) is 0 Å². The molecule has 0 aliphatic heterocycles. The number of aliphatic hydroxyl groups is 1. The molecule has 3 aliphatic rings. The van der Waals surface area contributed by atoms with E-state index in [4.69, 9.17) is 0 Å². The molecule has 1 N–H and O–H groups in total. The summed E-state index contributed by atoms with van der Waals surface area (Å²) in [4.78, 5) is 0. The van der Waals surface area contributed by atoms with Gasteiger partial charge in [-0.05, 0) is 17.5 Å². The average molecular weight is 172 g/mol. The van der Waals surface area contributed by atoms with E-state index in [0.717, 1.165) is 6.42 Å². The van der Waals surface area contributed by atoms with Crippen LogP contribution < -0.4 is 0 Å². The van der Waals surface area contributed by atoms with E-state index in [1.165, 1.54) is 11.1 Å². The first-order chi connectivity index (χ1) is 6.36. The van der Waals surface area contributed by atoms with Crippen LogP contribution in [0.4, 0.5) is 0 Å². The molecule has 3 aliphatic carbocycles. The number of rotatable bonds is 0. The molecule has 1 heteroatoms. The molecular formula is C12H12O. The summed E-state index contributed by atoms with van der Waals surface area (Å²) in [6, 6.07) is 8.46. The van der Waals surface area contributed by atoms with Crippen LogP contribution in [0.3, 0.4) is 0 Å². The second-order valence-corrected chi connectivity index (χ2v) is 3.95. The first-order valence-corrected chi connectivity index (χ1v) is 4.81. The fraction of sp³-hybridized carbons (Fsp3) is 0.333. The van der Waals surface area contributed by atoms with Crippen LogP contribution in [0.2, 0.25) is 0 Å². The van der Waals surface area contributed by atoms with Gasteiger partial charge in [0.2, 0.25) is 0 Å². The lowest BCUT2D eigenvalue weighted by molar-refractivity contribution is 0.130. The van der Waals surface area contributed by atoms with Crippen LogP contribution in [0.5, 0.6) is 0 Å². The molecule has 1 aromatic carbocycles. The first kappa shape index (κ1) is 7.34. The van der Waals surface area contributed by atoms with Crippen molar-refractivity contribution in [2.75, 3.05) is 0 Å². The number of hydrogen-bond donors (Lipinski definition) is 1. The molecule has 0 spiro atoms. The number of allylic oxidation sites excluding steroid dienone is 1. The van der Waals surface area contributed by atoms with Crippen molar-refractivity contribution in [2.24, 2.45) is 0 Å². The zero-order chi connectivity index (χ0) is 8.84. The zero-order valence-electron chi connectivity index (χ0n) is 7.35. The monoisotopic (exact) mass is 172 g/mol. The summed E-state index contributed by atoms with van der Waals surface area (Å²) in [6.45, 7) is 0. The lowest BCUT2D eigenvalue weighted by Crippen LogP contribution is -2.29. The largest absolute Gasteiger partial charge is 0.392 e. The minimum absolute atomic E-state index is 0.162. The SMILES string of the molecule is O[C@H]1C[C@H]2C=C[C@@H]1c1ccccc12. The zero-order valence-corrected chi connectivity index (χ0v) is 7.35. The molecule has 0 fully saturated rings. The van der Waals surface area contributed by atoms with Crippen LogP contribution in [-0.4, -0.2) is 11.2 Å². The highest BCUT2D eigenvalue weighted by molar-refractivity contribution is 5.45. The molecule has 0 radical (unpaired) electrons. The molecule has 0 aromatic heterocycles. The van der Waals surface area contributed by atoms with E-state index in [0.29, 0.717) is 5.92 Å². The van der Waals surface area contributed by atoms with Gasteiger partial charge in [0, 0.05) is 11.8 Å². The molecule has 0 amide bonds. The molecule has 3 atom stereocenters. The highest BCUT2D eigenvalue weighted by Crippen LogP contribution is 2.44. The van der Waals surface area contributed by atoms with Gasteiger partial charge in [-0.25, -0.2) is 0 Å². The third-order valence-electron chi connectivity index (χ3n) is 3.22. The van der Waals surface area contributed by atoms with Gasteiger partial charge < -0.3 is 5.11 Å². The van der Waals surface area contributed by atoms with Crippen LogP contribution >= 0.6 is 0 Å². The number of hydrogen-bond acceptors (Lipinski definition) is 1. The third kappa shape index (κ3) is 0.909. The van der Waals surface area contributed by atoms with Gasteiger partial charge in [0.15, 0.2) is 0 Å². The van der Waals surface area contributed by atoms with E-state index in [1.54, 1.807) is 0 Å². The summed E-state index contributed by atoms with van der Waals surface area (Å²) >= 11 is 0. The van der Waals surface area contributed by atoms with Gasteiger partial charge in [-0.2, -0.15) is 0 Å². The Hall–Kier alpha value is -1.08. The van der Waals surface area contributed by atoms with Gasteiger partial charge in [0.05, 0.1) is 6.10 Å². The van der Waals surface area contributed by atoms with Gasteiger partial charge in [-0.1, -0.05) is 36.4 Å². The molecular weight excluding hydrogens is 160 g/mol. The van der Waals surface area contributed by atoms with E-state index in [9.17, 15) is 5.11 Å². The molecule has 13 heavy (non-hydrogen) atoms. The number of aliphatic hydroxyl groups excluding tert-OH is 1. The Labute approximate surface area is 77.7 Å². The lowest BCUT2D eigenvalue weighted by atomic mass is 9.70. The topological polar surface area (TPSA) is 20.2 Å². The number of benzene rings is 1. The smallest absolute Gasteiger partial charge is 0.0652 e. The molecule has 2 bridgehead atoms. The van der Waals surface area contributed by atoms with E-state index in [1.807, 2.05) is 0 Å². The van der Waals surface area contributed by atoms with Crippen LogP contribution in [0.15, 0.2) is 36.4 Å². The van der Waals surface area contributed by atoms with Crippen molar-refractivity contribution in [3.8, 4) is 0 Å². The van der Waals surface area contributed by atoms with Crippen LogP contribution in [-0.2, 0) is 0 Å². The molecule has 0 heterocycles. The van der Waals surface area contributed by atoms with Crippen LogP contribution in [0.1, 0.15) is 29.4 Å². The van der Waals surface area contributed by atoms with E-state index in [2.05, 4.69) is 36.4 Å². The fourth-order valence-corrected chi connectivity index (χ4v) is 2.56. The van der Waals surface area contributed by atoms with E-state index >= 15 is 0 Å². The Kier molecular flexibility index (Phi) is 1.39. The summed E-state index contributed by atoms with van der Waals surface area (Å²) < 4.78 is 0. The molecule has 66 valence electrons. The van der Waals surface area contributed by atoms with Crippen molar-refractivity contribution >= 4 is 0 Å². The number of fused-ring (bicyclic) bond motifs is 1. The highest BCUT2D eigenvalue weighted by atomic mass is 16.3. The summed E-state index contributed by atoms with van der Waals surface area (Å²) in [7, 11) is 0. The minimum Gasteiger partial charge on any atom is -0.392 e. The van der Waals surface area contributed by atoms with Gasteiger partial charge >= 0.3 is 0 Å². The Morgan fingerprint density at radius 3 is 2.62 bits per heavy atom. The third-order valence-corrected chi connectivity index (χ3v) is 3.22. The minimum atomic E-state index is -0.162. The molecule has 1 aromatic rings. The molecule has 1 nitrogen and oxygen atoms in total. The Balaban J connectivity index is 2.21. The van der Waals surface area contributed by atoms with Crippen molar-refractivity contribution in [3.63, 3.8) is 0 Å². The van der Waals surface area contributed by atoms with Gasteiger partial charge in [0.25, 0.3) is 0 Å². The normalized spacial score (nSPS) is 34.7. The maximum Gasteiger partial charge on any atom is 0.0652 e. The van der Waals surface area contributed by atoms with Crippen molar-refractivity contribution in [1.29, 1.82) is 0 Å². The lowest BCUT2D eigenvalue weighted by Gasteiger charge is -2.37. The van der Waals surface area contributed by atoms with Crippen LogP contribution in [0, 0.1) is 0 Å². The van der Waals surface area contributed by atoms with Crippen molar-refractivity contribution < 1.29 is 5.11 Å². The Morgan fingerprint density at radius 2 is 1.85 bits per heavy atom. The first-order valence-electron chi connectivity index (χ1n) is 4.81. The van der Waals surface area contributed by atoms with Gasteiger partial charge in [0.1, 0.15) is 0 Å². The second-order valence-electron chi connectivity index (χ2n) is 3.95. The summed E-state index contributed by atoms with van der Waals surface area (Å²) in [6.07, 6.45) is 5.13. The quantitative estimate of drug-likeness (QED) is 0.595. The average Bonchev–Trinajstić information content (AvgIpc) is 2.19. The van der Waals surface area contributed by atoms with Crippen molar-refractivity contribution in [2.45, 2.75) is 24.4 Å². The Morgan fingerprint density at radius 1 is 1.08 bits per heavy atom. The maximum absolute atomic E-state index is 9.79. The van der Waals surface area contributed by atoms with E-state index < -0.39 is 0 Å². The predicted octanol–water partition coefficient (Wildman–Crippen LogP) is 2.19. The summed E-state index contributed by atoms with van der Waals surface area (Å²) in [5, 5.41) is 9.79. The molecule has 0 unspecified atom stereocenters. The Bertz CT molecular complexity index is 367.